The Balaban J connectivity index is 2.52. The smallest absolute Gasteiger partial charge is 0.329 e. The van der Waals surface area contributed by atoms with Gasteiger partial charge in [0.2, 0.25) is 11.8 Å². The topological polar surface area (TPSA) is 119 Å². The Kier molecular flexibility index (Phi) is 5.90. The first-order valence-electron chi connectivity index (χ1n) is 5.73. The van der Waals surface area contributed by atoms with Crippen molar-refractivity contribution in [3.8, 4) is 0 Å². The number of ether oxygens (including phenoxy) is 1. The highest BCUT2D eigenvalue weighted by atomic mass is 16.6. The monoisotopic (exact) mass is 270 g/mol. The Morgan fingerprint density at radius 3 is 2.95 bits per heavy atom. The molecule has 0 aliphatic heterocycles. The highest BCUT2D eigenvalue weighted by molar-refractivity contribution is 5.56. The van der Waals surface area contributed by atoms with Crippen LogP contribution < -0.4 is 11.1 Å². The van der Waals surface area contributed by atoms with Crippen LogP contribution in [0.4, 0.5) is 17.5 Å². The molecule has 0 saturated heterocycles. The number of rotatable bonds is 8. The number of hydrogen-bond donors (Lipinski definition) is 2. The molecular weight excluding hydrogens is 252 g/mol. The third-order valence-corrected chi connectivity index (χ3v) is 2.45. The molecule has 0 aromatic carbocycles. The Morgan fingerprint density at radius 1 is 1.58 bits per heavy atom. The fourth-order valence-electron chi connectivity index (χ4n) is 1.38. The van der Waals surface area contributed by atoms with Gasteiger partial charge in [-0.05, 0) is 7.05 Å². The molecule has 0 amide bonds. The number of nitrogens with one attached hydrogen (secondary N) is 1. The molecule has 1 rings (SSSR count). The van der Waals surface area contributed by atoms with E-state index in [2.05, 4.69) is 15.3 Å². The Hall–Kier alpha value is -2.00. The molecule has 0 atom stereocenters. The zero-order chi connectivity index (χ0) is 14.3. The van der Waals surface area contributed by atoms with Gasteiger partial charge in [0.15, 0.2) is 0 Å². The molecule has 3 N–H and O–H groups in total. The normalized spacial score (nSPS) is 10.7. The van der Waals surface area contributed by atoms with Gasteiger partial charge in [-0.15, -0.1) is 0 Å². The number of nitrogen functional groups attached to an aromatic ring is 1. The predicted octanol–water partition coefficient (Wildman–Crippen LogP) is -0.0429. The zero-order valence-electron chi connectivity index (χ0n) is 11.0. The number of nitrogens with two attached hydrogens (primary N) is 1. The lowest BCUT2D eigenvalue weighted by Gasteiger charge is -2.16. The molecule has 0 fully saturated rings. The first kappa shape index (κ1) is 15.1. The van der Waals surface area contributed by atoms with Crippen LogP contribution in [0.1, 0.15) is 0 Å². The molecule has 9 heteroatoms. The van der Waals surface area contributed by atoms with Gasteiger partial charge in [-0.25, -0.2) is 4.98 Å². The van der Waals surface area contributed by atoms with Crippen LogP contribution in [-0.4, -0.2) is 60.2 Å². The van der Waals surface area contributed by atoms with Crippen molar-refractivity contribution < 1.29 is 9.66 Å². The summed E-state index contributed by atoms with van der Waals surface area (Å²) >= 11 is 0. The average molecular weight is 270 g/mol. The van der Waals surface area contributed by atoms with E-state index in [1.165, 1.54) is 0 Å². The average Bonchev–Trinajstić information content (AvgIpc) is 2.36. The second kappa shape index (κ2) is 7.44. The Bertz CT molecular complexity index is 428. The van der Waals surface area contributed by atoms with Gasteiger partial charge in [0.1, 0.15) is 6.20 Å². The lowest BCUT2D eigenvalue weighted by Crippen LogP contribution is -2.28. The van der Waals surface area contributed by atoms with E-state index in [1.54, 1.807) is 7.11 Å². The minimum Gasteiger partial charge on any atom is -0.383 e. The molecule has 0 radical (unpaired) electrons. The summed E-state index contributed by atoms with van der Waals surface area (Å²) < 4.78 is 4.95. The number of hydrogen-bond acceptors (Lipinski definition) is 8. The molecule has 1 aromatic heterocycles. The summed E-state index contributed by atoms with van der Waals surface area (Å²) in [5, 5.41) is 13.7. The molecule has 0 bridgehead atoms. The van der Waals surface area contributed by atoms with Crippen molar-refractivity contribution in [2.24, 2.45) is 0 Å². The molecule has 1 aromatic rings. The maximum Gasteiger partial charge on any atom is 0.329 e. The van der Waals surface area contributed by atoms with Gasteiger partial charge in [-0.2, -0.15) is 4.98 Å². The van der Waals surface area contributed by atoms with E-state index in [1.807, 2.05) is 11.9 Å². The standard InChI is InChI=1S/C10H18N6O3/c1-15(5-6-19-2)4-3-12-9-8(16(17)18)7-13-10(11)14-9/h7H,3-6H2,1-2H3,(H3,11,12,13,14). The number of anilines is 2. The molecule has 0 saturated carbocycles. The van der Waals surface area contributed by atoms with Gasteiger partial charge in [-0.3, -0.25) is 10.1 Å². The third-order valence-electron chi connectivity index (χ3n) is 2.45. The van der Waals surface area contributed by atoms with Crippen molar-refractivity contribution in [2.75, 3.05) is 51.4 Å². The molecule has 0 aliphatic rings. The van der Waals surface area contributed by atoms with Crippen LogP contribution in [0.5, 0.6) is 0 Å². The van der Waals surface area contributed by atoms with Crippen LogP contribution in [0, 0.1) is 10.1 Å². The number of aromatic nitrogens is 2. The number of nitro groups is 1. The maximum atomic E-state index is 10.8. The van der Waals surface area contributed by atoms with Crippen molar-refractivity contribution in [3.63, 3.8) is 0 Å². The van der Waals surface area contributed by atoms with Gasteiger partial charge < -0.3 is 20.7 Å². The third kappa shape index (κ3) is 5.02. The number of methoxy groups -OCH3 is 1. The summed E-state index contributed by atoms with van der Waals surface area (Å²) in [6.07, 6.45) is 1.10. The van der Waals surface area contributed by atoms with Crippen LogP contribution in [0.2, 0.25) is 0 Å². The Labute approximate surface area is 110 Å². The van der Waals surface area contributed by atoms with Crippen LogP contribution in [0.15, 0.2) is 6.20 Å². The number of likely N-dealkylation sites (N-methyl/N-ethyl adjacent to an activating group) is 1. The van der Waals surface area contributed by atoms with Gasteiger partial charge >= 0.3 is 5.69 Å². The van der Waals surface area contributed by atoms with Gasteiger partial charge in [0.05, 0.1) is 11.5 Å². The molecular formula is C10H18N6O3. The quantitative estimate of drug-likeness (QED) is 0.498. The minimum atomic E-state index is -0.545. The highest BCUT2D eigenvalue weighted by Gasteiger charge is 2.16. The summed E-state index contributed by atoms with van der Waals surface area (Å²) in [6, 6.07) is 0. The summed E-state index contributed by atoms with van der Waals surface area (Å²) in [7, 11) is 3.57. The molecule has 19 heavy (non-hydrogen) atoms. The molecule has 9 nitrogen and oxygen atoms in total. The highest BCUT2D eigenvalue weighted by Crippen LogP contribution is 2.20. The molecule has 0 aliphatic carbocycles. The van der Waals surface area contributed by atoms with E-state index in [4.69, 9.17) is 10.5 Å². The van der Waals surface area contributed by atoms with Crippen LogP contribution >= 0.6 is 0 Å². The van der Waals surface area contributed by atoms with Crippen LogP contribution in [0.25, 0.3) is 0 Å². The fourth-order valence-corrected chi connectivity index (χ4v) is 1.38. The van der Waals surface area contributed by atoms with Crippen molar-refractivity contribution in [1.29, 1.82) is 0 Å². The van der Waals surface area contributed by atoms with Crippen molar-refractivity contribution >= 4 is 17.5 Å². The zero-order valence-corrected chi connectivity index (χ0v) is 11.0. The summed E-state index contributed by atoms with van der Waals surface area (Å²) in [6.45, 7) is 2.63. The minimum absolute atomic E-state index is 0.000776. The van der Waals surface area contributed by atoms with Crippen LogP contribution in [0.3, 0.4) is 0 Å². The van der Waals surface area contributed by atoms with Gasteiger partial charge in [-0.1, -0.05) is 0 Å². The molecule has 0 spiro atoms. The van der Waals surface area contributed by atoms with E-state index in [0.717, 1.165) is 12.7 Å². The van der Waals surface area contributed by atoms with E-state index in [0.29, 0.717) is 19.7 Å². The first-order chi connectivity index (χ1) is 9.04. The molecule has 0 unspecified atom stereocenters. The fraction of sp³-hybridized carbons (Fsp3) is 0.600. The van der Waals surface area contributed by atoms with E-state index in [-0.39, 0.29) is 17.5 Å². The van der Waals surface area contributed by atoms with Crippen molar-refractivity contribution in [3.05, 3.63) is 16.3 Å². The summed E-state index contributed by atoms with van der Waals surface area (Å²) in [5.41, 5.74) is 5.23. The lowest BCUT2D eigenvalue weighted by atomic mass is 10.4. The van der Waals surface area contributed by atoms with Crippen LogP contribution in [-0.2, 0) is 4.74 Å². The second-order valence-corrected chi connectivity index (χ2v) is 3.94. The van der Waals surface area contributed by atoms with Gasteiger partial charge in [0.25, 0.3) is 0 Å². The predicted molar refractivity (Wildman–Crippen MR) is 71.0 cm³/mol. The largest absolute Gasteiger partial charge is 0.383 e. The van der Waals surface area contributed by atoms with Crippen molar-refractivity contribution in [1.82, 2.24) is 14.9 Å². The van der Waals surface area contributed by atoms with E-state index in [9.17, 15) is 10.1 Å². The summed E-state index contributed by atoms with van der Waals surface area (Å²) in [4.78, 5) is 19.7. The number of nitrogens with zero attached hydrogens (tertiary/aromatic N) is 4. The maximum absolute atomic E-state index is 10.8. The van der Waals surface area contributed by atoms with E-state index < -0.39 is 4.92 Å². The summed E-state index contributed by atoms with van der Waals surface area (Å²) in [5.74, 6) is 0.137. The second-order valence-electron chi connectivity index (χ2n) is 3.94. The molecule has 106 valence electrons. The van der Waals surface area contributed by atoms with Gasteiger partial charge in [0, 0.05) is 26.7 Å². The first-order valence-corrected chi connectivity index (χ1v) is 5.73. The van der Waals surface area contributed by atoms with Crippen molar-refractivity contribution in [2.45, 2.75) is 0 Å². The molecule has 1 heterocycles. The SMILES string of the molecule is COCCN(C)CCNc1nc(N)ncc1[N+](=O)[O-]. The van der Waals surface area contributed by atoms with E-state index >= 15 is 0 Å². The lowest BCUT2D eigenvalue weighted by molar-refractivity contribution is -0.384. The Morgan fingerprint density at radius 2 is 2.32 bits per heavy atom.